The summed E-state index contributed by atoms with van der Waals surface area (Å²) in [5.41, 5.74) is 6.53. The number of methoxy groups -OCH3 is 1. The fourth-order valence-electron chi connectivity index (χ4n) is 0.762. The summed E-state index contributed by atoms with van der Waals surface area (Å²) in [5, 5.41) is 0. The van der Waals surface area contributed by atoms with Gasteiger partial charge in [-0.3, -0.25) is 0 Å². The molecule has 0 saturated heterocycles. The minimum atomic E-state index is -4.64. The van der Waals surface area contributed by atoms with E-state index in [1.54, 1.807) is 7.11 Å². The number of ether oxygens (including phenoxy) is 1. The smallest absolute Gasteiger partial charge is 0.466 e. The number of hydrogen-bond donors (Lipinski definition) is 4. The molecule has 0 aliphatic carbocycles. The summed E-state index contributed by atoms with van der Waals surface area (Å²) >= 11 is 0. The molecule has 0 saturated carbocycles. The number of hydrogen-bond acceptors (Lipinski definition) is 3. The van der Waals surface area contributed by atoms with Crippen LogP contribution in [-0.4, -0.2) is 21.8 Å². The first kappa shape index (κ1) is 14.1. The Balaban J connectivity index is 0.000000336. The first-order valence-electron chi connectivity index (χ1n) is 3.98. The molecule has 1 aromatic rings. The van der Waals surface area contributed by atoms with Crippen LogP contribution in [-0.2, 0) is 11.1 Å². The molecule has 0 fully saturated rings. The lowest BCUT2D eigenvalue weighted by molar-refractivity contribution is 0.275. The fourth-order valence-corrected chi connectivity index (χ4v) is 0.762. The second-order valence-corrected chi connectivity index (χ2v) is 3.59. The summed E-state index contributed by atoms with van der Waals surface area (Å²) < 4.78 is 13.9. The van der Waals surface area contributed by atoms with Crippen LogP contribution in [0.5, 0.6) is 5.75 Å². The molecule has 0 aromatic heterocycles. The van der Waals surface area contributed by atoms with Gasteiger partial charge in [0.2, 0.25) is 0 Å². The average molecular weight is 235 g/mol. The van der Waals surface area contributed by atoms with Crippen LogP contribution in [0.4, 0.5) is 0 Å². The predicted molar refractivity (Wildman–Crippen MR) is 55.1 cm³/mol. The summed E-state index contributed by atoms with van der Waals surface area (Å²) in [5.74, 6) is 0.872. The van der Waals surface area contributed by atoms with Gasteiger partial charge in [0.15, 0.2) is 0 Å². The van der Waals surface area contributed by atoms with Gasteiger partial charge < -0.3 is 25.2 Å². The van der Waals surface area contributed by atoms with Crippen LogP contribution in [0.25, 0.3) is 0 Å². The third kappa shape index (κ3) is 9.40. The first-order valence-corrected chi connectivity index (χ1v) is 5.54. The largest absolute Gasteiger partial charge is 0.497 e. The molecule has 15 heavy (non-hydrogen) atoms. The molecule has 7 heteroatoms. The van der Waals surface area contributed by atoms with E-state index in [0.717, 1.165) is 11.3 Å². The molecule has 6 nitrogen and oxygen atoms in total. The average Bonchev–Trinajstić information content (AvgIpc) is 2.15. The molecule has 86 valence electrons. The number of rotatable bonds is 2. The second kappa shape index (κ2) is 6.55. The van der Waals surface area contributed by atoms with Crippen molar-refractivity contribution in [1.82, 2.24) is 0 Å². The molecule has 0 radical (unpaired) electrons. The van der Waals surface area contributed by atoms with E-state index in [-0.39, 0.29) is 0 Å². The van der Waals surface area contributed by atoms with Crippen molar-refractivity contribution in [2.75, 3.05) is 7.11 Å². The number of phosphoric acid groups is 1. The van der Waals surface area contributed by atoms with E-state index in [0.29, 0.717) is 6.54 Å². The van der Waals surface area contributed by atoms with Crippen molar-refractivity contribution in [1.29, 1.82) is 0 Å². The Morgan fingerprint density at radius 3 is 1.93 bits per heavy atom. The Labute approximate surface area is 87.6 Å². The molecule has 5 N–H and O–H groups in total. The first-order chi connectivity index (χ1) is 6.86. The van der Waals surface area contributed by atoms with Gasteiger partial charge in [0, 0.05) is 6.54 Å². The van der Waals surface area contributed by atoms with Gasteiger partial charge in [-0.25, -0.2) is 4.57 Å². The van der Waals surface area contributed by atoms with E-state index in [1.165, 1.54) is 0 Å². The van der Waals surface area contributed by atoms with Gasteiger partial charge >= 0.3 is 7.82 Å². The van der Waals surface area contributed by atoms with Crippen LogP contribution in [0.3, 0.4) is 0 Å². The lowest BCUT2D eigenvalue weighted by Crippen LogP contribution is -1.95. The summed E-state index contributed by atoms with van der Waals surface area (Å²) in [4.78, 5) is 21.6. The highest BCUT2D eigenvalue weighted by Gasteiger charge is 2.00. The maximum absolute atomic E-state index is 8.88. The van der Waals surface area contributed by atoms with Crippen LogP contribution < -0.4 is 10.5 Å². The predicted octanol–water partition coefficient (Wildman–Crippen LogP) is 0.225. The van der Waals surface area contributed by atoms with Crippen LogP contribution in [0.2, 0.25) is 0 Å². The molecule has 0 aliphatic rings. The van der Waals surface area contributed by atoms with Gasteiger partial charge in [-0.2, -0.15) is 0 Å². The molecule has 0 amide bonds. The molecule has 0 unspecified atom stereocenters. The molecular formula is C8H14NO5P. The van der Waals surface area contributed by atoms with Gasteiger partial charge in [0.25, 0.3) is 0 Å². The van der Waals surface area contributed by atoms with Crippen molar-refractivity contribution in [3.63, 3.8) is 0 Å². The normalized spacial score (nSPS) is 10.2. The maximum atomic E-state index is 8.88. The molecule has 1 rings (SSSR count). The summed E-state index contributed by atoms with van der Waals surface area (Å²) in [6.07, 6.45) is 0. The van der Waals surface area contributed by atoms with Crippen LogP contribution in [0.15, 0.2) is 24.3 Å². The minimum absolute atomic E-state index is 0.587. The van der Waals surface area contributed by atoms with E-state index in [1.807, 2.05) is 24.3 Å². The van der Waals surface area contributed by atoms with Crippen LogP contribution >= 0.6 is 7.82 Å². The maximum Gasteiger partial charge on any atom is 0.466 e. The Morgan fingerprint density at radius 1 is 1.27 bits per heavy atom. The van der Waals surface area contributed by atoms with E-state index >= 15 is 0 Å². The van der Waals surface area contributed by atoms with Crippen molar-refractivity contribution >= 4 is 7.82 Å². The number of benzene rings is 1. The van der Waals surface area contributed by atoms with E-state index < -0.39 is 7.82 Å². The van der Waals surface area contributed by atoms with Crippen LogP contribution in [0.1, 0.15) is 5.56 Å². The topological polar surface area (TPSA) is 113 Å². The Bertz CT molecular complexity index is 289. The quantitative estimate of drug-likeness (QED) is 0.545. The zero-order valence-electron chi connectivity index (χ0n) is 8.20. The van der Waals surface area contributed by atoms with E-state index in [2.05, 4.69) is 0 Å². The van der Waals surface area contributed by atoms with Crippen molar-refractivity contribution in [3.8, 4) is 5.75 Å². The van der Waals surface area contributed by atoms with Gasteiger partial charge in [-0.1, -0.05) is 12.1 Å². The van der Waals surface area contributed by atoms with E-state index in [9.17, 15) is 0 Å². The molecule has 0 bridgehead atoms. The highest BCUT2D eigenvalue weighted by molar-refractivity contribution is 7.45. The Kier molecular flexibility index (Phi) is 6.15. The van der Waals surface area contributed by atoms with Crippen molar-refractivity contribution in [2.45, 2.75) is 6.54 Å². The third-order valence-electron chi connectivity index (χ3n) is 1.39. The molecule has 1 aromatic carbocycles. The van der Waals surface area contributed by atoms with Gasteiger partial charge in [0.05, 0.1) is 7.11 Å². The monoisotopic (exact) mass is 235 g/mol. The third-order valence-corrected chi connectivity index (χ3v) is 1.39. The molecule has 0 aliphatic heterocycles. The van der Waals surface area contributed by atoms with E-state index in [4.69, 9.17) is 29.7 Å². The molecule has 0 atom stereocenters. The van der Waals surface area contributed by atoms with Crippen molar-refractivity contribution in [3.05, 3.63) is 29.8 Å². The summed E-state index contributed by atoms with van der Waals surface area (Å²) in [6.45, 7) is 0.587. The summed E-state index contributed by atoms with van der Waals surface area (Å²) in [7, 11) is -2.99. The second-order valence-electron chi connectivity index (χ2n) is 2.57. The SMILES string of the molecule is COc1ccc(CN)cc1.O=P(O)(O)O. The highest BCUT2D eigenvalue weighted by atomic mass is 31.2. The molecular weight excluding hydrogens is 221 g/mol. The van der Waals surface area contributed by atoms with Gasteiger partial charge in [-0.05, 0) is 17.7 Å². The number of nitrogens with two attached hydrogens (primary N) is 1. The molecule has 0 spiro atoms. The Hall–Kier alpha value is -0.910. The van der Waals surface area contributed by atoms with Gasteiger partial charge in [-0.15, -0.1) is 0 Å². The van der Waals surface area contributed by atoms with Crippen molar-refractivity contribution < 1.29 is 24.0 Å². The Morgan fingerprint density at radius 2 is 1.67 bits per heavy atom. The molecule has 0 heterocycles. The summed E-state index contributed by atoms with van der Waals surface area (Å²) in [6, 6.07) is 7.72. The minimum Gasteiger partial charge on any atom is -0.497 e. The zero-order chi connectivity index (χ0) is 11.9. The van der Waals surface area contributed by atoms with Gasteiger partial charge in [0.1, 0.15) is 5.75 Å². The zero-order valence-corrected chi connectivity index (χ0v) is 9.09. The fraction of sp³-hybridized carbons (Fsp3) is 0.250. The lowest BCUT2D eigenvalue weighted by Gasteiger charge is -1.99. The highest BCUT2D eigenvalue weighted by Crippen LogP contribution is 2.25. The van der Waals surface area contributed by atoms with Crippen molar-refractivity contribution in [2.24, 2.45) is 5.73 Å². The lowest BCUT2D eigenvalue weighted by atomic mass is 10.2. The van der Waals surface area contributed by atoms with Crippen LogP contribution in [0, 0.1) is 0 Å². The standard InChI is InChI=1S/C8H11NO.H3O4P/c1-10-8-4-2-7(6-9)3-5-8;1-5(2,3)4/h2-5H,6,9H2,1H3;(H3,1,2,3,4).